The first-order chi connectivity index (χ1) is 30.7. The molecule has 0 spiro atoms. The van der Waals surface area contributed by atoms with Gasteiger partial charge >= 0.3 is 0 Å². The predicted molar refractivity (Wildman–Crippen MR) is 266 cm³/mol. The van der Waals surface area contributed by atoms with Crippen molar-refractivity contribution in [2.75, 3.05) is 4.90 Å². The Morgan fingerprint density at radius 1 is 0.403 bits per heavy atom. The highest BCUT2D eigenvalue weighted by Crippen LogP contribution is 2.44. The molecule has 1 heterocycles. The van der Waals surface area contributed by atoms with E-state index in [2.05, 4.69) is 205 Å². The molecule has 0 N–H and O–H groups in total. The Labute approximate surface area is 362 Å². The zero-order valence-electron chi connectivity index (χ0n) is 35.0. The zero-order chi connectivity index (χ0) is 41.6. The normalized spacial score (nSPS) is 12.2. The first-order valence-corrected chi connectivity index (χ1v) is 21.9. The van der Waals surface area contributed by atoms with Crippen LogP contribution in [0, 0.1) is 0 Å². The van der Waals surface area contributed by atoms with Gasteiger partial charge in [-0.25, -0.2) is 0 Å². The Bertz CT molecular complexity index is 3500. The number of rotatable bonds is 6. The topological polar surface area (TPSA) is 16.4 Å². The van der Waals surface area contributed by atoms with Crippen molar-refractivity contribution in [1.29, 1.82) is 0 Å². The first-order valence-electron chi connectivity index (χ1n) is 21.9. The van der Waals surface area contributed by atoms with Gasteiger partial charge in [0.2, 0.25) is 0 Å². The standard InChI is InChI=1S/C58H39NO.C2H6/c1-3-20-46-41(14-1)36-54(51-24-7-5-22-49(46)51)39-16-11-18-44(34-39)59(43-32-30-38(31-33-43)48-27-13-29-57-58(48)53-26-9-10-28-56(53)60-57)45-19-12-17-40(35-45)55-37-42-15-2-4-21-47(42)50-23-6-8-25-52(50)55;1-2/h1-5,7-22,24-37H,6,23H2;1-2H3. The van der Waals surface area contributed by atoms with Gasteiger partial charge in [0.25, 0.3) is 0 Å². The van der Waals surface area contributed by atoms with E-state index in [1.807, 2.05) is 26.0 Å². The fraction of sp³-hybridized carbons (Fsp3) is 0.0667. The number of anilines is 3. The number of hydrogen-bond acceptors (Lipinski definition) is 2. The van der Waals surface area contributed by atoms with Gasteiger partial charge in [0.15, 0.2) is 0 Å². The van der Waals surface area contributed by atoms with Gasteiger partial charge < -0.3 is 9.32 Å². The largest absolute Gasteiger partial charge is 0.456 e. The molecule has 2 heteroatoms. The third-order valence-corrected chi connectivity index (χ3v) is 12.5. The zero-order valence-corrected chi connectivity index (χ0v) is 35.0. The SMILES string of the molecule is C1=Cc2c(-c3cccc(N(c4ccc(-c5cccc6oc7ccccc7c56)cc4)c4cccc(-c5cc6ccccc6c6ccccc56)c4)c3)cc3ccccc3c2CC1.CC. The minimum atomic E-state index is 0.903. The molecule has 0 saturated heterocycles. The van der Waals surface area contributed by atoms with Crippen molar-refractivity contribution in [3.05, 3.63) is 217 Å². The van der Waals surface area contributed by atoms with Gasteiger partial charge in [0.1, 0.15) is 11.2 Å². The van der Waals surface area contributed by atoms with Gasteiger partial charge in [-0.05, 0) is 150 Å². The summed E-state index contributed by atoms with van der Waals surface area (Å²) in [7, 11) is 0. The molecule has 62 heavy (non-hydrogen) atoms. The fourth-order valence-electron chi connectivity index (χ4n) is 9.74. The molecule has 1 aliphatic rings. The first kappa shape index (κ1) is 37.3. The third-order valence-electron chi connectivity index (χ3n) is 12.5. The average Bonchev–Trinajstić information content (AvgIpc) is 3.74. The molecule has 0 saturated carbocycles. The second-order valence-electron chi connectivity index (χ2n) is 15.9. The Hall–Kier alpha value is -7.68. The van der Waals surface area contributed by atoms with Crippen LogP contribution in [0.5, 0.6) is 0 Å². The predicted octanol–water partition coefficient (Wildman–Crippen LogP) is 17.5. The lowest BCUT2D eigenvalue weighted by molar-refractivity contribution is 0.669. The number of aryl methyl sites for hydroxylation is 1. The number of fused-ring (bicyclic) bond motifs is 9. The van der Waals surface area contributed by atoms with Crippen molar-refractivity contribution in [1.82, 2.24) is 0 Å². The van der Waals surface area contributed by atoms with Crippen LogP contribution in [-0.2, 0) is 6.42 Å². The van der Waals surface area contributed by atoms with Crippen LogP contribution in [-0.4, -0.2) is 0 Å². The molecule has 0 unspecified atom stereocenters. The Kier molecular flexibility index (Phi) is 9.47. The summed E-state index contributed by atoms with van der Waals surface area (Å²) in [5, 5.41) is 9.96. The molecule has 0 fully saturated rings. The van der Waals surface area contributed by atoms with Crippen molar-refractivity contribution < 1.29 is 4.42 Å². The van der Waals surface area contributed by atoms with Crippen LogP contribution in [0.2, 0.25) is 0 Å². The van der Waals surface area contributed by atoms with Crippen LogP contribution in [0.15, 0.2) is 211 Å². The van der Waals surface area contributed by atoms with Crippen molar-refractivity contribution in [2.45, 2.75) is 26.7 Å². The van der Waals surface area contributed by atoms with Gasteiger partial charge in [-0.1, -0.05) is 166 Å². The summed E-state index contributed by atoms with van der Waals surface area (Å²) in [5.41, 5.74) is 15.1. The summed E-state index contributed by atoms with van der Waals surface area (Å²) in [6.45, 7) is 4.00. The molecule has 11 aromatic rings. The number of para-hydroxylation sites is 1. The van der Waals surface area contributed by atoms with Crippen LogP contribution >= 0.6 is 0 Å². The monoisotopic (exact) mass is 795 g/mol. The summed E-state index contributed by atoms with van der Waals surface area (Å²) in [6, 6.07) is 73.0. The van der Waals surface area contributed by atoms with Gasteiger partial charge in [-0.3, -0.25) is 0 Å². The van der Waals surface area contributed by atoms with Crippen LogP contribution in [0.1, 0.15) is 31.4 Å². The maximum atomic E-state index is 6.28. The second kappa shape index (κ2) is 15.7. The maximum Gasteiger partial charge on any atom is 0.136 e. The quantitative estimate of drug-likeness (QED) is 0.156. The molecule has 12 rings (SSSR count). The molecule has 10 aromatic carbocycles. The fourth-order valence-corrected chi connectivity index (χ4v) is 9.74. The lowest BCUT2D eigenvalue weighted by Gasteiger charge is -2.27. The van der Waals surface area contributed by atoms with Crippen molar-refractivity contribution in [2.24, 2.45) is 0 Å². The minimum absolute atomic E-state index is 0.903. The minimum Gasteiger partial charge on any atom is -0.456 e. The average molecular weight is 796 g/mol. The van der Waals surface area contributed by atoms with E-state index in [-0.39, 0.29) is 0 Å². The molecular weight excluding hydrogens is 751 g/mol. The van der Waals surface area contributed by atoms with E-state index in [0.717, 1.165) is 63.0 Å². The van der Waals surface area contributed by atoms with Crippen LogP contribution in [0.4, 0.5) is 17.1 Å². The Balaban J connectivity index is 0.00000213. The third kappa shape index (κ3) is 6.35. The smallest absolute Gasteiger partial charge is 0.136 e. The van der Waals surface area contributed by atoms with Gasteiger partial charge in [-0.2, -0.15) is 0 Å². The lowest BCUT2D eigenvalue weighted by atomic mass is 9.86. The number of benzene rings is 10. The number of hydrogen-bond donors (Lipinski definition) is 0. The van der Waals surface area contributed by atoms with Gasteiger partial charge in [0, 0.05) is 27.8 Å². The van der Waals surface area contributed by atoms with E-state index < -0.39 is 0 Å². The van der Waals surface area contributed by atoms with Crippen LogP contribution < -0.4 is 4.90 Å². The molecule has 1 aromatic heterocycles. The lowest BCUT2D eigenvalue weighted by Crippen LogP contribution is -2.10. The molecule has 0 atom stereocenters. The van der Waals surface area contributed by atoms with Crippen molar-refractivity contribution >= 4 is 77.4 Å². The molecule has 0 radical (unpaired) electrons. The molecule has 0 amide bonds. The Morgan fingerprint density at radius 3 is 1.74 bits per heavy atom. The Morgan fingerprint density at radius 2 is 0.984 bits per heavy atom. The maximum absolute atomic E-state index is 6.28. The highest BCUT2D eigenvalue weighted by Gasteiger charge is 2.20. The molecule has 0 bridgehead atoms. The highest BCUT2D eigenvalue weighted by molar-refractivity contribution is 6.14. The summed E-state index contributed by atoms with van der Waals surface area (Å²) in [6.07, 6.45) is 6.79. The van der Waals surface area contributed by atoms with E-state index in [4.69, 9.17) is 4.42 Å². The number of allylic oxidation sites excluding steroid dienone is 1. The van der Waals surface area contributed by atoms with Crippen LogP contribution in [0.25, 0.3) is 93.7 Å². The molecule has 0 aliphatic heterocycles. The van der Waals surface area contributed by atoms with E-state index >= 15 is 0 Å². The second-order valence-corrected chi connectivity index (χ2v) is 15.9. The van der Waals surface area contributed by atoms with E-state index in [9.17, 15) is 0 Å². The van der Waals surface area contributed by atoms with Crippen molar-refractivity contribution in [3.8, 4) is 33.4 Å². The summed E-state index contributed by atoms with van der Waals surface area (Å²) in [5.74, 6) is 0. The van der Waals surface area contributed by atoms with Gasteiger partial charge in [0.05, 0.1) is 0 Å². The highest BCUT2D eigenvalue weighted by atomic mass is 16.3. The van der Waals surface area contributed by atoms with Crippen molar-refractivity contribution in [3.63, 3.8) is 0 Å². The molecule has 296 valence electrons. The number of nitrogens with zero attached hydrogens (tertiary/aromatic N) is 1. The summed E-state index contributed by atoms with van der Waals surface area (Å²) < 4.78 is 6.28. The van der Waals surface area contributed by atoms with E-state index in [1.165, 1.54) is 65.7 Å². The summed E-state index contributed by atoms with van der Waals surface area (Å²) in [4.78, 5) is 2.41. The molecular formula is C60H45NO. The van der Waals surface area contributed by atoms with E-state index in [1.54, 1.807) is 0 Å². The van der Waals surface area contributed by atoms with Gasteiger partial charge in [-0.15, -0.1) is 0 Å². The van der Waals surface area contributed by atoms with E-state index in [0.29, 0.717) is 0 Å². The number of furan rings is 1. The van der Waals surface area contributed by atoms with Crippen LogP contribution in [0.3, 0.4) is 0 Å². The molecule has 1 aliphatic carbocycles. The summed E-state index contributed by atoms with van der Waals surface area (Å²) >= 11 is 0. The molecule has 2 nitrogen and oxygen atoms in total.